The summed E-state index contributed by atoms with van der Waals surface area (Å²) in [7, 11) is 0. The van der Waals surface area contributed by atoms with Gasteiger partial charge in [-0.05, 0) is 71.8 Å². The first kappa shape index (κ1) is 36.6. The van der Waals surface area contributed by atoms with Gasteiger partial charge in [0.05, 0.1) is 5.57 Å². The molecule has 0 saturated carbocycles. The number of amides is 1. The number of unbranched alkanes of at least 4 members (excludes halogenated alkanes) is 1. The van der Waals surface area contributed by atoms with Crippen LogP contribution in [-0.4, -0.2) is 47.9 Å². The number of nitrogens with one attached hydrogen (secondary N) is 1. The number of nitrogens with zero attached hydrogens (tertiary/aromatic N) is 1. The van der Waals surface area contributed by atoms with Gasteiger partial charge in [0.25, 0.3) is 0 Å². The molecule has 1 amide bonds. The number of benzene rings is 3. The number of Topliss-reactive ketones (excluding diaryl/α,β-unsaturated/α-hetero) is 1. The molecule has 0 radical (unpaired) electrons. The van der Waals surface area contributed by atoms with Crippen molar-refractivity contribution in [1.29, 1.82) is 0 Å². The molecule has 50 heavy (non-hydrogen) atoms. The van der Waals surface area contributed by atoms with Gasteiger partial charge in [-0.15, -0.1) is 0 Å². The van der Waals surface area contributed by atoms with E-state index >= 15 is 0 Å². The lowest BCUT2D eigenvalue weighted by Gasteiger charge is -2.30. The number of rotatable bonds is 14. The molecule has 0 spiro atoms. The molecule has 8 heteroatoms. The van der Waals surface area contributed by atoms with Crippen LogP contribution in [-0.2, 0) is 25.7 Å². The van der Waals surface area contributed by atoms with Gasteiger partial charge in [-0.2, -0.15) is 0 Å². The Balaban J connectivity index is 1.22. The number of aliphatic imine (C=N–C) groups is 1. The van der Waals surface area contributed by atoms with Gasteiger partial charge in [0.15, 0.2) is 5.78 Å². The molecule has 264 valence electrons. The van der Waals surface area contributed by atoms with Gasteiger partial charge >= 0.3 is 12.1 Å². The molecule has 0 aromatic heterocycles. The zero-order valence-corrected chi connectivity index (χ0v) is 30.0. The Labute approximate surface area is 296 Å². The first-order chi connectivity index (χ1) is 23.9. The molecule has 8 nitrogen and oxygen atoms in total. The second-order valence-electron chi connectivity index (χ2n) is 14.8. The van der Waals surface area contributed by atoms with E-state index in [0.717, 1.165) is 33.4 Å². The van der Waals surface area contributed by atoms with Crippen LogP contribution in [0.3, 0.4) is 0 Å². The van der Waals surface area contributed by atoms with Gasteiger partial charge in [0.1, 0.15) is 25.0 Å². The van der Waals surface area contributed by atoms with Crippen LogP contribution in [0.25, 0.3) is 11.1 Å². The maximum absolute atomic E-state index is 13.3. The molecule has 3 aromatic carbocycles. The van der Waals surface area contributed by atoms with Crippen molar-refractivity contribution >= 4 is 23.6 Å². The minimum atomic E-state index is -0.913. The monoisotopic (exact) mass is 678 g/mol. The number of fused-ring (bicyclic) bond motifs is 3. The van der Waals surface area contributed by atoms with Gasteiger partial charge in [-0.3, -0.25) is 9.79 Å². The van der Waals surface area contributed by atoms with Crippen LogP contribution in [0, 0.1) is 18.3 Å². The highest BCUT2D eigenvalue weighted by Crippen LogP contribution is 2.44. The molecule has 0 saturated heterocycles. The summed E-state index contributed by atoms with van der Waals surface area (Å²) in [4.78, 5) is 44.3. The van der Waals surface area contributed by atoms with E-state index in [9.17, 15) is 19.5 Å². The molecule has 0 bridgehead atoms. The average molecular weight is 679 g/mol. The number of ether oxygens (including phenoxy) is 2. The van der Waals surface area contributed by atoms with Crippen molar-refractivity contribution in [2.45, 2.75) is 91.7 Å². The summed E-state index contributed by atoms with van der Waals surface area (Å²) in [6.07, 6.45) is 2.23. The van der Waals surface area contributed by atoms with E-state index in [0.29, 0.717) is 56.4 Å². The minimum absolute atomic E-state index is 0.0678. The molecule has 3 aromatic rings. The van der Waals surface area contributed by atoms with E-state index in [4.69, 9.17) is 14.5 Å². The summed E-state index contributed by atoms with van der Waals surface area (Å²) in [6.45, 7) is 10.7. The number of alkyl carbamates (subject to hydrolysis) is 1. The Hall–Kier alpha value is -4.72. The van der Waals surface area contributed by atoms with E-state index in [1.54, 1.807) is 0 Å². The highest BCUT2D eigenvalue weighted by atomic mass is 16.6. The van der Waals surface area contributed by atoms with E-state index in [-0.39, 0.29) is 42.0 Å². The van der Waals surface area contributed by atoms with Gasteiger partial charge in [0, 0.05) is 31.0 Å². The summed E-state index contributed by atoms with van der Waals surface area (Å²) in [5.74, 6) is -0.328. The van der Waals surface area contributed by atoms with Crippen LogP contribution < -0.4 is 5.32 Å². The summed E-state index contributed by atoms with van der Waals surface area (Å²) in [5, 5.41) is 13.6. The van der Waals surface area contributed by atoms with Crippen molar-refractivity contribution in [3.63, 3.8) is 0 Å². The zero-order chi connectivity index (χ0) is 35.8. The van der Waals surface area contributed by atoms with Crippen molar-refractivity contribution < 1.29 is 29.0 Å². The van der Waals surface area contributed by atoms with Crippen molar-refractivity contribution in [2.75, 3.05) is 13.2 Å². The van der Waals surface area contributed by atoms with E-state index < -0.39 is 18.1 Å². The van der Waals surface area contributed by atoms with Crippen LogP contribution in [0.4, 0.5) is 4.79 Å². The molecule has 2 N–H and O–H groups in total. The number of esters is 1. The van der Waals surface area contributed by atoms with Crippen LogP contribution in [0.1, 0.15) is 94.4 Å². The van der Waals surface area contributed by atoms with E-state index in [1.807, 2.05) is 69.3 Å². The van der Waals surface area contributed by atoms with Crippen molar-refractivity contribution in [3.05, 3.63) is 106 Å². The zero-order valence-electron chi connectivity index (χ0n) is 30.0. The number of allylic oxidation sites excluding steroid dienone is 2. The Bertz CT molecular complexity index is 1710. The first-order valence-electron chi connectivity index (χ1n) is 17.7. The van der Waals surface area contributed by atoms with Crippen molar-refractivity contribution in [1.82, 2.24) is 5.32 Å². The average Bonchev–Trinajstić information content (AvgIpc) is 3.38. The quantitative estimate of drug-likeness (QED) is 0.100. The number of carbonyl (C=O) groups excluding carboxylic acids is 3. The number of aliphatic hydroxyl groups is 1. The summed E-state index contributed by atoms with van der Waals surface area (Å²) >= 11 is 0. The van der Waals surface area contributed by atoms with E-state index in [2.05, 4.69) is 43.4 Å². The van der Waals surface area contributed by atoms with Gasteiger partial charge < -0.3 is 19.9 Å². The third kappa shape index (κ3) is 9.29. The second kappa shape index (κ2) is 16.3. The number of ketones is 1. The highest BCUT2D eigenvalue weighted by molar-refractivity contribution is 6.23. The molecule has 0 heterocycles. The Morgan fingerprint density at radius 2 is 1.56 bits per heavy atom. The van der Waals surface area contributed by atoms with Gasteiger partial charge in [0.2, 0.25) is 0 Å². The smallest absolute Gasteiger partial charge is 0.407 e. The molecule has 1 atom stereocenters. The minimum Gasteiger partial charge on any atom is -0.511 e. The Morgan fingerprint density at radius 1 is 0.920 bits per heavy atom. The summed E-state index contributed by atoms with van der Waals surface area (Å²) in [6, 6.07) is 23.1. The second-order valence-corrected chi connectivity index (χ2v) is 14.8. The van der Waals surface area contributed by atoms with Crippen LogP contribution in [0.2, 0.25) is 0 Å². The Morgan fingerprint density at radius 3 is 2.18 bits per heavy atom. The number of hydrogen-bond acceptors (Lipinski definition) is 7. The summed E-state index contributed by atoms with van der Waals surface area (Å²) < 4.78 is 11.4. The molecule has 0 fully saturated rings. The fourth-order valence-electron chi connectivity index (χ4n) is 6.89. The topological polar surface area (TPSA) is 114 Å². The summed E-state index contributed by atoms with van der Waals surface area (Å²) in [5.41, 5.74) is 7.18. The molecule has 2 aliphatic carbocycles. The maximum atomic E-state index is 13.3. The third-order valence-corrected chi connectivity index (χ3v) is 9.37. The van der Waals surface area contributed by atoms with Crippen LogP contribution in [0.5, 0.6) is 0 Å². The molecule has 0 aliphatic heterocycles. The van der Waals surface area contributed by atoms with Crippen molar-refractivity contribution in [2.24, 2.45) is 16.3 Å². The lowest BCUT2D eigenvalue weighted by Crippen LogP contribution is -2.42. The third-order valence-electron chi connectivity index (χ3n) is 9.37. The van der Waals surface area contributed by atoms with Gasteiger partial charge in [-0.1, -0.05) is 106 Å². The molecule has 5 rings (SSSR count). The predicted octanol–water partition coefficient (Wildman–Crippen LogP) is 8.80. The van der Waals surface area contributed by atoms with E-state index in [1.165, 1.54) is 0 Å². The van der Waals surface area contributed by atoms with Crippen molar-refractivity contribution in [3.8, 4) is 11.1 Å². The van der Waals surface area contributed by atoms with Crippen LogP contribution in [0.15, 0.2) is 89.1 Å². The fourth-order valence-corrected chi connectivity index (χ4v) is 6.89. The lowest BCUT2D eigenvalue weighted by atomic mass is 9.75. The molecule has 1 unspecified atom stereocenters. The Kier molecular flexibility index (Phi) is 11.9. The number of aryl methyl sites for hydroxylation is 1. The number of hydrogen-bond donors (Lipinski definition) is 2. The highest BCUT2D eigenvalue weighted by Gasteiger charge is 2.35. The van der Waals surface area contributed by atoms with Gasteiger partial charge in [-0.25, -0.2) is 9.59 Å². The normalized spacial score (nSPS) is 16.2. The number of aliphatic hydroxyl groups excluding tert-OH is 1. The molecule has 2 aliphatic rings. The largest absolute Gasteiger partial charge is 0.511 e. The first-order valence-corrected chi connectivity index (χ1v) is 17.7. The maximum Gasteiger partial charge on any atom is 0.407 e. The standard InChI is InChI=1S/C42H50N2O6/c1-27(2)22-36(39-37(45)23-42(4,5)24-38(39)46)43-21-11-10-16-35(40(47)49-25-29-19-17-28(3)18-20-29)44-41(48)50-26-34-32-14-8-6-12-30(32)31-13-7-9-15-33(31)34/h6-9,12-15,17-20,27,34-35,45H,10-11,16,21-26H2,1-5H3,(H,44,48). The predicted molar refractivity (Wildman–Crippen MR) is 196 cm³/mol. The lowest BCUT2D eigenvalue weighted by molar-refractivity contribution is -0.147. The fraction of sp³-hybridized carbons (Fsp3) is 0.429. The molecular formula is C42H50N2O6. The van der Waals surface area contributed by atoms with Crippen LogP contribution >= 0.6 is 0 Å². The molecular weight excluding hydrogens is 628 g/mol. The number of carbonyl (C=O) groups is 3. The SMILES string of the molecule is Cc1ccc(COC(=O)C(CCCCN=C(CC(C)C)C2=C(O)CC(C)(C)CC2=O)NC(=O)OCC2c3ccccc3-c3ccccc32)cc1.